The lowest BCUT2D eigenvalue weighted by molar-refractivity contribution is -0.137. The Kier molecular flexibility index (Phi) is 5.24. The molecule has 0 aromatic heterocycles. The first-order chi connectivity index (χ1) is 12.2. The topological polar surface area (TPSA) is 46.6 Å². The Morgan fingerprint density at radius 2 is 1.64 bits per heavy atom. The number of thioether (sulfide) groups is 1. The molecule has 0 unspecified atom stereocenters. The first-order valence-corrected chi connectivity index (χ1v) is 9.06. The van der Waals surface area contributed by atoms with Crippen molar-refractivity contribution in [2.75, 3.05) is 12.9 Å². The molecule has 1 aliphatic rings. The van der Waals surface area contributed by atoms with E-state index < -0.39 is 0 Å². The second-order valence-corrected chi connectivity index (χ2v) is 6.82. The SMILES string of the molecule is CCSC1=C(c2ccc(OC)cc2)C(=O)N(Cc2ccccc2)C1=O. The monoisotopic (exact) mass is 353 g/mol. The maximum atomic E-state index is 13.0. The van der Waals surface area contributed by atoms with Crippen LogP contribution in [0.15, 0.2) is 59.5 Å². The van der Waals surface area contributed by atoms with Crippen molar-refractivity contribution >= 4 is 29.1 Å². The zero-order valence-electron chi connectivity index (χ0n) is 14.2. The third-order valence-corrected chi connectivity index (χ3v) is 4.93. The van der Waals surface area contributed by atoms with Gasteiger partial charge in [0.15, 0.2) is 0 Å². The number of imide groups is 1. The normalized spacial score (nSPS) is 14.4. The number of methoxy groups -OCH3 is 1. The van der Waals surface area contributed by atoms with Crippen molar-refractivity contribution in [1.82, 2.24) is 4.90 Å². The number of carbonyl (C=O) groups excluding carboxylic acids is 2. The van der Waals surface area contributed by atoms with Crippen LogP contribution < -0.4 is 4.74 Å². The van der Waals surface area contributed by atoms with Crippen molar-refractivity contribution in [3.05, 3.63) is 70.6 Å². The molecule has 0 bridgehead atoms. The van der Waals surface area contributed by atoms with Gasteiger partial charge in [-0.15, -0.1) is 11.8 Å². The molecular weight excluding hydrogens is 334 g/mol. The average Bonchev–Trinajstić information content (AvgIpc) is 2.87. The zero-order chi connectivity index (χ0) is 17.8. The van der Waals surface area contributed by atoms with E-state index in [0.29, 0.717) is 16.2 Å². The molecule has 1 heterocycles. The van der Waals surface area contributed by atoms with Crippen LogP contribution in [0.25, 0.3) is 5.57 Å². The Labute approximate surface area is 151 Å². The maximum Gasteiger partial charge on any atom is 0.268 e. The lowest BCUT2D eigenvalue weighted by Gasteiger charge is -2.15. The zero-order valence-corrected chi connectivity index (χ0v) is 15.0. The highest BCUT2D eigenvalue weighted by molar-refractivity contribution is 8.04. The second-order valence-electron chi connectivity index (χ2n) is 5.55. The Bertz CT molecular complexity index is 813. The number of nitrogens with zero attached hydrogens (tertiary/aromatic N) is 1. The molecule has 0 aliphatic carbocycles. The van der Waals surface area contributed by atoms with Gasteiger partial charge in [-0.2, -0.15) is 0 Å². The number of amides is 2. The van der Waals surface area contributed by atoms with Gasteiger partial charge >= 0.3 is 0 Å². The van der Waals surface area contributed by atoms with Crippen molar-refractivity contribution in [2.45, 2.75) is 13.5 Å². The number of rotatable bonds is 6. The molecule has 0 fully saturated rings. The van der Waals surface area contributed by atoms with Crippen molar-refractivity contribution in [2.24, 2.45) is 0 Å². The summed E-state index contributed by atoms with van der Waals surface area (Å²) in [7, 11) is 1.60. The van der Waals surface area contributed by atoms with Gasteiger partial charge in [-0.25, -0.2) is 0 Å². The Hall–Kier alpha value is -2.53. The summed E-state index contributed by atoms with van der Waals surface area (Å²) in [4.78, 5) is 27.6. The van der Waals surface area contributed by atoms with Gasteiger partial charge < -0.3 is 4.74 Å². The minimum absolute atomic E-state index is 0.216. The van der Waals surface area contributed by atoms with Gasteiger partial charge in [-0.3, -0.25) is 14.5 Å². The van der Waals surface area contributed by atoms with Gasteiger partial charge in [0.05, 0.1) is 24.1 Å². The summed E-state index contributed by atoms with van der Waals surface area (Å²) < 4.78 is 5.17. The summed E-state index contributed by atoms with van der Waals surface area (Å²) in [5.74, 6) is 0.987. The summed E-state index contributed by atoms with van der Waals surface area (Å²) >= 11 is 1.41. The molecule has 2 amide bonds. The van der Waals surface area contributed by atoms with Crippen LogP contribution in [0, 0.1) is 0 Å². The lowest BCUT2D eigenvalue weighted by atomic mass is 10.1. The molecule has 128 valence electrons. The molecule has 0 spiro atoms. The number of carbonyl (C=O) groups is 2. The molecule has 0 atom stereocenters. The minimum Gasteiger partial charge on any atom is -0.497 e. The Morgan fingerprint density at radius 3 is 2.24 bits per heavy atom. The van der Waals surface area contributed by atoms with Crippen molar-refractivity contribution < 1.29 is 14.3 Å². The minimum atomic E-state index is -0.241. The molecule has 3 rings (SSSR count). The summed E-state index contributed by atoms with van der Waals surface area (Å²) in [5, 5.41) is 0. The van der Waals surface area contributed by atoms with E-state index in [1.54, 1.807) is 19.2 Å². The third-order valence-electron chi connectivity index (χ3n) is 3.98. The fourth-order valence-corrected chi connectivity index (χ4v) is 3.63. The standard InChI is InChI=1S/C20H19NO3S/c1-3-25-18-17(15-9-11-16(24-2)12-10-15)19(22)21(20(18)23)13-14-7-5-4-6-8-14/h4-12H,3,13H2,1-2H3. The summed E-state index contributed by atoms with van der Waals surface area (Å²) in [5.41, 5.74) is 2.15. The Morgan fingerprint density at radius 1 is 0.960 bits per heavy atom. The highest BCUT2D eigenvalue weighted by Crippen LogP contribution is 2.37. The van der Waals surface area contributed by atoms with Crippen LogP contribution in [0.5, 0.6) is 5.75 Å². The molecule has 1 aliphatic heterocycles. The van der Waals surface area contributed by atoms with Gasteiger partial charge in [-0.05, 0) is 29.0 Å². The van der Waals surface area contributed by atoms with Crippen molar-refractivity contribution in [1.29, 1.82) is 0 Å². The highest BCUT2D eigenvalue weighted by Gasteiger charge is 2.38. The average molecular weight is 353 g/mol. The first-order valence-electron chi connectivity index (χ1n) is 8.07. The third kappa shape index (κ3) is 3.46. The molecule has 2 aromatic rings. The smallest absolute Gasteiger partial charge is 0.268 e. The largest absolute Gasteiger partial charge is 0.497 e. The number of hydrogen-bond acceptors (Lipinski definition) is 4. The van der Waals surface area contributed by atoms with E-state index in [1.807, 2.05) is 49.4 Å². The predicted molar refractivity (Wildman–Crippen MR) is 100 cm³/mol. The molecule has 0 radical (unpaired) electrons. The van der Waals surface area contributed by atoms with Gasteiger partial charge in [-0.1, -0.05) is 49.4 Å². The van der Waals surface area contributed by atoms with E-state index in [9.17, 15) is 9.59 Å². The molecule has 4 nitrogen and oxygen atoms in total. The fraction of sp³-hybridized carbons (Fsp3) is 0.200. The van der Waals surface area contributed by atoms with Crippen LogP contribution in [-0.4, -0.2) is 29.6 Å². The molecule has 2 aromatic carbocycles. The molecular formula is C20H19NO3S. The van der Waals surface area contributed by atoms with Crippen LogP contribution in [0.4, 0.5) is 0 Å². The summed E-state index contributed by atoms with van der Waals surface area (Å²) in [6.07, 6.45) is 0. The van der Waals surface area contributed by atoms with E-state index in [2.05, 4.69) is 0 Å². The fourth-order valence-electron chi connectivity index (χ4n) is 2.75. The van der Waals surface area contributed by atoms with Crippen molar-refractivity contribution in [3.8, 4) is 5.75 Å². The van der Waals surface area contributed by atoms with Crippen LogP contribution >= 0.6 is 11.8 Å². The highest BCUT2D eigenvalue weighted by atomic mass is 32.2. The maximum absolute atomic E-state index is 13.0. The van der Waals surface area contributed by atoms with Crippen LogP contribution in [0.2, 0.25) is 0 Å². The van der Waals surface area contributed by atoms with Crippen LogP contribution in [-0.2, 0) is 16.1 Å². The second kappa shape index (κ2) is 7.57. The van der Waals surface area contributed by atoms with Gasteiger partial charge in [0.2, 0.25) is 0 Å². The molecule has 0 saturated heterocycles. The first kappa shape index (κ1) is 17.3. The van der Waals surface area contributed by atoms with E-state index >= 15 is 0 Å². The van der Waals surface area contributed by atoms with E-state index in [-0.39, 0.29) is 18.4 Å². The summed E-state index contributed by atoms with van der Waals surface area (Å²) in [6, 6.07) is 16.8. The number of benzene rings is 2. The lowest BCUT2D eigenvalue weighted by Crippen LogP contribution is -2.30. The molecule has 5 heteroatoms. The quantitative estimate of drug-likeness (QED) is 0.743. The van der Waals surface area contributed by atoms with E-state index in [0.717, 1.165) is 16.9 Å². The predicted octanol–water partition coefficient (Wildman–Crippen LogP) is 3.73. The molecule has 0 saturated carbocycles. The summed E-state index contributed by atoms with van der Waals surface area (Å²) in [6.45, 7) is 2.26. The van der Waals surface area contributed by atoms with Gasteiger partial charge in [0.25, 0.3) is 11.8 Å². The van der Waals surface area contributed by atoms with Gasteiger partial charge in [0.1, 0.15) is 5.75 Å². The molecule has 0 N–H and O–H groups in total. The van der Waals surface area contributed by atoms with E-state index in [4.69, 9.17) is 4.74 Å². The van der Waals surface area contributed by atoms with Crippen molar-refractivity contribution in [3.63, 3.8) is 0 Å². The Balaban J connectivity index is 1.95. The number of ether oxygens (including phenoxy) is 1. The van der Waals surface area contributed by atoms with Crippen LogP contribution in [0.1, 0.15) is 18.1 Å². The van der Waals surface area contributed by atoms with E-state index in [1.165, 1.54) is 16.7 Å². The van der Waals surface area contributed by atoms with Crippen LogP contribution in [0.3, 0.4) is 0 Å². The van der Waals surface area contributed by atoms with Gasteiger partial charge in [0, 0.05) is 0 Å². The number of hydrogen-bond donors (Lipinski definition) is 0. The molecule has 25 heavy (non-hydrogen) atoms.